The minimum Gasteiger partial charge on any atom is -0.381 e. The molecule has 1 heterocycles. The molecular weight excluding hydrogens is 254 g/mol. The van der Waals surface area contributed by atoms with E-state index in [-0.39, 0.29) is 18.0 Å². The lowest BCUT2D eigenvalue weighted by Crippen LogP contribution is -2.40. The molecule has 1 amide bonds. The number of nitrogens with zero attached hydrogens (tertiary/aromatic N) is 1. The second-order valence-electron chi connectivity index (χ2n) is 5.71. The van der Waals surface area contributed by atoms with Crippen molar-refractivity contribution in [2.75, 3.05) is 7.11 Å². The third kappa shape index (κ3) is 2.38. The molecule has 1 fully saturated rings. The SMILES string of the molecule is COC1CCC(C2=NC3C(C(N)=O)=CC=CC3N2)CC1. The molecule has 0 spiro atoms. The first-order valence-electron chi connectivity index (χ1n) is 7.24. The number of allylic oxidation sites excluding steroid dienone is 2. The van der Waals surface area contributed by atoms with Crippen LogP contribution in [0.15, 0.2) is 28.8 Å². The fourth-order valence-electron chi connectivity index (χ4n) is 3.33. The van der Waals surface area contributed by atoms with E-state index in [1.807, 2.05) is 12.2 Å². The lowest BCUT2D eigenvalue weighted by atomic mass is 9.86. The Balaban J connectivity index is 1.71. The number of nitrogens with one attached hydrogen (secondary N) is 1. The molecule has 1 aliphatic heterocycles. The second kappa shape index (κ2) is 5.40. The maximum Gasteiger partial charge on any atom is 0.246 e. The fraction of sp³-hybridized carbons (Fsp3) is 0.600. The number of ether oxygens (including phenoxy) is 1. The number of hydrogen-bond donors (Lipinski definition) is 2. The maximum absolute atomic E-state index is 11.5. The van der Waals surface area contributed by atoms with E-state index in [0.717, 1.165) is 31.5 Å². The van der Waals surface area contributed by atoms with Gasteiger partial charge in [-0.3, -0.25) is 9.79 Å². The zero-order chi connectivity index (χ0) is 14.1. The quantitative estimate of drug-likeness (QED) is 0.804. The van der Waals surface area contributed by atoms with Crippen molar-refractivity contribution < 1.29 is 9.53 Å². The van der Waals surface area contributed by atoms with Gasteiger partial charge in [-0.2, -0.15) is 0 Å². The first kappa shape index (κ1) is 13.4. The maximum atomic E-state index is 11.5. The van der Waals surface area contributed by atoms with Crippen molar-refractivity contribution in [2.45, 2.75) is 43.9 Å². The third-order valence-corrected chi connectivity index (χ3v) is 4.52. The first-order chi connectivity index (χ1) is 9.69. The van der Waals surface area contributed by atoms with Crippen LogP contribution in [0.3, 0.4) is 0 Å². The summed E-state index contributed by atoms with van der Waals surface area (Å²) in [7, 11) is 1.78. The average molecular weight is 275 g/mol. The predicted octanol–water partition coefficient (Wildman–Crippen LogP) is 0.912. The van der Waals surface area contributed by atoms with Crippen LogP contribution >= 0.6 is 0 Å². The number of primary amides is 1. The van der Waals surface area contributed by atoms with Gasteiger partial charge < -0.3 is 15.8 Å². The molecule has 20 heavy (non-hydrogen) atoms. The molecule has 5 heteroatoms. The van der Waals surface area contributed by atoms with Crippen LogP contribution in [0.25, 0.3) is 0 Å². The number of aliphatic imine (C=N–C) groups is 1. The van der Waals surface area contributed by atoms with E-state index in [9.17, 15) is 4.79 Å². The van der Waals surface area contributed by atoms with E-state index in [0.29, 0.717) is 17.6 Å². The summed E-state index contributed by atoms with van der Waals surface area (Å²) in [6, 6.07) is -0.0645. The summed E-state index contributed by atoms with van der Waals surface area (Å²) in [6.07, 6.45) is 10.4. The van der Waals surface area contributed by atoms with E-state index < -0.39 is 0 Å². The standard InChI is InChI=1S/C15H21N3O2/c1-20-10-7-5-9(6-8-10)15-17-12-4-2-3-11(14(16)19)13(12)18-15/h2-4,9-10,12-13H,5-8H2,1H3,(H2,16,19)(H,17,18). The topological polar surface area (TPSA) is 76.7 Å². The Morgan fingerprint density at radius 1 is 1.40 bits per heavy atom. The van der Waals surface area contributed by atoms with E-state index in [1.54, 1.807) is 13.2 Å². The molecular formula is C15H21N3O2. The smallest absolute Gasteiger partial charge is 0.246 e. The Morgan fingerprint density at radius 3 is 2.80 bits per heavy atom. The van der Waals surface area contributed by atoms with Gasteiger partial charge in [0, 0.05) is 18.6 Å². The molecule has 3 aliphatic rings. The number of nitrogens with two attached hydrogens (primary N) is 1. The molecule has 3 N–H and O–H groups in total. The van der Waals surface area contributed by atoms with E-state index >= 15 is 0 Å². The molecule has 3 rings (SSSR count). The lowest BCUT2D eigenvalue weighted by Gasteiger charge is -2.28. The molecule has 0 aromatic heterocycles. The predicted molar refractivity (Wildman–Crippen MR) is 77.3 cm³/mol. The number of hydrogen-bond acceptors (Lipinski definition) is 4. The molecule has 108 valence electrons. The number of amides is 1. The van der Waals surface area contributed by atoms with Crippen LogP contribution in [-0.2, 0) is 9.53 Å². The van der Waals surface area contributed by atoms with Gasteiger partial charge in [-0.05, 0) is 25.7 Å². The number of carbonyl (C=O) groups is 1. The highest BCUT2D eigenvalue weighted by Crippen LogP contribution is 2.30. The first-order valence-corrected chi connectivity index (χ1v) is 7.24. The van der Waals surface area contributed by atoms with Crippen LogP contribution in [0, 0.1) is 5.92 Å². The van der Waals surface area contributed by atoms with Gasteiger partial charge in [-0.1, -0.05) is 18.2 Å². The minimum atomic E-state index is -0.376. The zero-order valence-corrected chi connectivity index (χ0v) is 11.7. The summed E-state index contributed by atoms with van der Waals surface area (Å²) in [5.74, 6) is 1.11. The number of methoxy groups -OCH3 is 1. The lowest BCUT2D eigenvalue weighted by molar-refractivity contribution is -0.114. The molecule has 0 radical (unpaired) electrons. The Kier molecular flexibility index (Phi) is 3.61. The molecule has 2 aliphatic carbocycles. The van der Waals surface area contributed by atoms with E-state index in [2.05, 4.69) is 5.32 Å². The number of fused-ring (bicyclic) bond motifs is 1. The van der Waals surface area contributed by atoms with Crippen molar-refractivity contribution in [1.29, 1.82) is 0 Å². The van der Waals surface area contributed by atoms with Gasteiger partial charge in [0.15, 0.2) is 0 Å². The van der Waals surface area contributed by atoms with Gasteiger partial charge in [0.25, 0.3) is 0 Å². The summed E-state index contributed by atoms with van der Waals surface area (Å²) in [5, 5.41) is 3.45. The summed E-state index contributed by atoms with van der Waals surface area (Å²) >= 11 is 0. The Bertz CT molecular complexity index is 487. The van der Waals surface area contributed by atoms with Crippen molar-refractivity contribution in [3.8, 4) is 0 Å². The molecule has 0 bridgehead atoms. The summed E-state index contributed by atoms with van der Waals surface area (Å²) in [6.45, 7) is 0. The monoisotopic (exact) mass is 275 g/mol. The molecule has 2 unspecified atom stereocenters. The van der Waals surface area contributed by atoms with Gasteiger partial charge in [0.1, 0.15) is 11.9 Å². The fourth-order valence-corrected chi connectivity index (χ4v) is 3.33. The number of carbonyl (C=O) groups excluding carboxylic acids is 1. The summed E-state index contributed by atoms with van der Waals surface area (Å²) in [4.78, 5) is 16.2. The van der Waals surface area contributed by atoms with Crippen molar-refractivity contribution in [3.05, 3.63) is 23.8 Å². The van der Waals surface area contributed by atoms with Crippen LogP contribution in [0.1, 0.15) is 25.7 Å². The second-order valence-corrected chi connectivity index (χ2v) is 5.71. The third-order valence-electron chi connectivity index (χ3n) is 4.52. The summed E-state index contributed by atoms with van der Waals surface area (Å²) in [5.41, 5.74) is 6.03. The Labute approximate surface area is 119 Å². The molecule has 0 saturated heterocycles. The van der Waals surface area contributed by atoms with Gasteiger partial charge in [-0.15, -0.1) is 0 Å². The van der Waals surface area contributed by atoms with Crippen molar-refractivity contribution >= 4 is 11.7 Å². The minimum absolute atomic E-state index is 0.0812. The largest absolute Gasteiger partial charge is 0.381 e. The molecule has 0 aromatic carbocycles. The van der Waals surface area contributed by atoms with Crippen LogP contribution in [0.5, 0.6) is 0 Å². The number of amidine groups is 1. The molecule has 5 nitrogen and oxygen atoms in total. The van der Waals surface area contributed by atoms with Gasteiger partial charge >= 0.3 is 0 Å². The van der Waals surface area contributed by atoms with Crippen molar-refractivity contribution in [2.24, 2.45) is 16.6 Å². The highest BCUT2D eigenvalue weighted by Gasteiger charge is 2.36. The highest BCUT2D eigenvalue weighted by atomic mass is 16.5. The van der Waals surface area contributed by atoms with Gasteiger partial charge in [0.05, 0.1) is 12.1 Å². The molecule has 2 atom stereocenters. The number of rotatable bonds is 3. The van der Waals surface area contributed by atoms with Crippen LogP contribution in [-0.4, -0.2) is 37.0 Å². The average Bonchev–Trinajstić information content (AvgIpc) is 2.90. The molecule has 0 aromatic rings. The van der Waals surface area contributed by atoms with Crippen molar-refractivity contribution in [3.63, 3.8) is 0 Å². The van der Waals surface area contributed by atoms with Crippen LogP contribution < -0.4 is 11.1 Å². The Morgan fingerprint density at radius 2 is 2.15 bits per heavy atom. The Hall–Kier alpha value is -1.62. The van der Waals surface area contributed by atoms with E-state index in [4.69, 9.17) is 15.5 Å². The molecule has 1 saturated carbocycles. The van der Waals surface area contributed by atoms with Crippen LogP contribution in [0.4, 0.5) is 0 Å². The highest BCUT2D eigenvalue weighted by molar-refractivity contribution is 5.97. The van der Waals surface area contributed by atoms with E-state index in [1.165, 1.54) is 0 Å². The van der Waals surface area contributed by atoms with Gasteiger partial charge in [0.2, 0.25) is 5.91 Å². The van der Waals surface area contributed by atoms with Crippen molar-refractivity contribution in [1.82, 2.24) is 5.32 Å². The van der Waals surface area contributed by atoms with Crippen LogP contribution in [0.2, 0.25) is 0 Å². The normalized spacial score (nSPS) is 35.9. The van der Waals surface area contributed by atoms with Gasteiger partial charge in [-0.25, -0.2) is 0 Å². The summed E-state index contributed by atoms with van der Waals surface area (Å²) < 4.78 is 5.40. The zero-order valence-electron chi connectivity index (χ0n) is 11.7.